The second-order valence-corrected chi connectivity index (χ2v) is 29.6. The Kier molecular flexibility index (Phi) is 22.6. The van der Waals surface area contributed by atoms with Gasteiger partial charge in [0.1, 0.15) is 82.3 Å². The molecule has 20 rings (SSSR count). The quantitative estimate of drug-likeness (QED) is 0.0549. The van der Waals surface area contributed by atoms with Crippen LogP contribution in [0.15, 0.2) is 130 Å². The molecule has 0 radical (unpaired) electrons. The lowest BCUT2D eigenvalue weighted by atomic mass is 9.73. The van der Waals surface area contributed by atoms with Gasteiger partial charge in [0.15, 0.2) is 34.3 Å². The van der Waals surface area contributed by atoms with Crippen LogP contribution in [0.25, 0.3) is 0 Å². The number of pyridine rings is 3. The average Bonchev–Trinajstić information content (AvgIpc) is 0.737. The minimum absolute atomic E-state index is 0.00289. The first-order valence-electron chi connectivity index (χ1n) is 37.5. The molecule has 0 spiro atoms. The number of carbonyl (C=O) groups is 6. The van der Waals surface area contributed by atoms with Crippen molar-refractivity contribution in [2.45, 2.75) is 173 Å². The van der Waals surface area contributed by atoms with Gasteiger partial charge in [0.25, 0.3) is 29.5 Å². The normalized spacial score (nSPS) is 21.6. The molecule has 592 valence electrons. The Labute approximate surface area is 639 Å². The summed E-state index contributed by atoms with van der Waals surface area (Å²) in [5, 5.41) is 15.1. The first kappa shape index (κ1) is 78.2. The molecule has 6 bridgehead atoms. The van der Waals surface area contributed by atoms with E-state index in [1.807, 2.05) is 70.5 Å². The van der Waals surface area contributed by atoms with Gasteiger partial charge in [0.2, 0.25) is 16.3 Å². The maximum Gasteiger partial charge on any atom is 0.343 e. The highest BCUT2D eigenvalue weighted by atomic mass is 19.2. The number of esters is 1. The molecule has 3 atom stereocenters. The van der Waals surface area contributed by atoms with Gasteiger partial charge in [-0.3, -0.25) is 38.4 Å². The van der Waals surface area contributed by atoms with Gasteiger partial charge in [-0.05, 0) is 113 Å². The minimum Gasteiger partial charge on any atom is -0.503 e. The Morgan fingerprint density at radius 1 is 0.442 bits per heavy atom. The number of aromatic hydroxyl groups is 1. The third-order valence-corrected chi connectivity index (χ3v) is 23.1. The Morgan fingerprint density at radius 2 is 0.761 bits per heavy atom. The summed E-state index contributed by atoms with van der Waals surface area (Å²) in [5.41, 5.74) is 2.20. The first-order chi connectivity index (χ1) is 54.3. The Balaban J connectivity index is 0.000000132. The monoisotopic (exact) mass is 1570 g/mol. The van der Waals surface area contributed by atoms with E-state index in [1.165, 1.54) is 23.2 Å². The lowest BCUT2D eigenvalue weighted by Crippen LogP contribution is -2.62. The molecule has 5 aromatic carbocycles. The summed E-state index contributed by atoms with van der Waals surface area (Å²) >= 11 is 0. The molecule has 5 N–H and O–H groups in total. The van der Waals surface area contributed by atoms with Crippen LogP contribution in [-0.2, 0) is 57.2 Å². The van der Waals surface area contributed by atoms with Gasteiger partial charge in [-0.2, -0.15) is 0 Å². The lowest BCUT2D eigenvalue weighted by molar-refractivity contribution is -0.0186. The number of piperidine rings is 6. The van der Waals surface area contributed by atoms with E-state index in [-0.39, 0.29) is 120 Å². The number of carbonyl (C=O) groups excluding carboxylic acids is 6. The number of nitrogens with one attached hydrogen (secondary N) is 2. The van der Waals surface area contributed by atoms with Crippen LogP contribution in [0.2, 0.25) is 0 Å². The molecule has 3 saturated carbocycles. The van der Waals surface area contributed by atoms with Gasteiger partial charge in [0.05, 0.1) is 24.7 Å². The van der Waals surface area contributed by atoms with Crippen molar-refractivity contribution in [2.24, 2.45) is 23.5 Å². The number of rotatable bonds is 15. The van der Waals surface area contributed by atoms with Crippen LogP contribution in [0.4, 0.5) is 39.5 Å². The molecule has 3 aromatic heterocycles. The number of benzene rings is 5. The van der Waals surface area contributed by atoms with Gasteiger partial charge in [-0.25, -0.2) is 44.3 Å². The number of fused-ring (bicyclic) bond motifs is 9. The number of aromatic nitrogens is 3. The van der Waals surface area contributed by atoms with E-state index in [1.54, 1.807) is 21.0 Å². The van der Waals surface area contributed by atoms with Gasteiger partial charge >= 0.3 is 5.97 Å². The fraction of sp³-hybridized carbons (Fsp3) is 0.378. The molecular formula is C82H78F9N9O13. The predicted molar refractivity (Wildman–Crippen MR) is 388 cm³/mol. The lowest BCUT2D eigenvalue weighted by Gasteiger charge is -2.54. The highest BCUT2D eigenvalue weighted by molar-refractivity contribution is 6.01. The molecule has 3 aliphatic carbocycles. The number of nitrogens with two attached hydrogens (primary N) is 1. The van der Waals surface area contributed by atoms with Crippen molar-refractivity contribution in [3.63, 3.8) is 0 Å². The summed E-state index contributed by atoms with van der Waals surface area (Å²) in [6, 6.07) is 22.2. The predicted octanol–water partition coefficient (Wildman–Crippen LogP) is 11.0. The SMILES string of the molecule is CCOC(=O)c1cn2c(c(OCc3ccccc3)c1=O)C(=O)N1C3CCC(CC3)[C@H]1C2.NCc1c(F)cc(F)cc1F.O=C(NCc1c(F)cc(F)cc1F)c1cn2c(c(O)c1=O)C(=O)N1C3CCC(CC3)[C@H]1C2.O=C(NCc1c(F)cc(F)cc1F)c1cn2c(c(OCc3ccccc3)c1=O)C(=O)N1C3CCC(CC3)[C@H]1C2. The number of halogens is 9. The summed E-state index contributed by atoms with van der Waals surface area (Å²) in [7, 11) is 0. The molecule has 12 aliphatic rings. The fourth-order valence-corrected chi connectivity index (χ4v) is 17.6. The van der Waals surface area contributed by atoms with E-state index in [0.29, 0.717) is 73.8 Å². The van der Waals surface area contributed by atoms with E-state index in [2.05, 4.69) is 10.6 Å². The van der Waals surface area contributed by atoms with Crippen LogP contribution in [0.3, 0.4) is 0 Å². The minimum atomic E-state index is -1.18. The zero-order valence-corrected chi connectivity index (χ0v) is 61.0. The first-order valence-corrected chi connectivity index (χ1v) is 37.5. The third kappa shape index (κ3) is 15.4. The van der Waals surface area contributed by atoms with Gasteiger partial charge < -0.3 is 64.1 Å². The highest BCUT2D eigenvalue weighted by Gasteiger charge is 2.52. The van der Waals surface area contributed by atoms with E-state index >= 15 is 0 Å². The fourth-order valence-electron chi connectivity index (χ4n) is 17.6. The number of amides is 5. The van der Waals surface area contributed by atoms with Gasteiger partial charge in [-0.1, -0.05) is 60.7 Å². The van der Waals surface area contributed by atoms with Crippen LogP contribution in [-0.4, -0.2) is 112 Å². The molecule has 9 aliphatic heterocycles. The van der Waals surface area contributed by atoms with E-state index < -0.39 is 128 Å². The Morgan fingerprint density at radius 3 is 1.12 bits per heavy atom. The molecule has 22 nitrogen and oxygen atoms in total. The molecule has 6 saturated heterocycles. The Bertz CT molecular complexity index is 5210. The third-order valence-electron chi connectivity index (χ3n) is 23.1. The second-order valence-electron chi connectivity index (χ2n) is 29.6. The standard InChI is InChI=1S/C29H26F3N3O4.C24H26N2O5.C22H20F3N3O4.C7H6F3N/c30-18-10-22(31)20(23(32)11-18)12-33-28(37)21-13-34-14-24-17-6-8-19(9-7-17)35(24)29(38)25(34)27(26(21)36)39-15-16-4-2-1-3-5-16;1-2-30-24(29)18-12-25-13-19-16-8-10-17(11-9-16)26(19)23(28)20(25)22(21(18)27)31-14-15-6-4-3-5-7-15;23-11-5-15(24)13(16(25)6-11)7-26-21(31)14-8-27-9-17-10-1-3-12(4-2-10)28(17)22(32)18(27)20(30)19(14)29;8-4-1-6(9)5(3-11)7(10)2-4/h1-5,10-11,13,17,19,24H,6-9,12,14-15H2,(H,33,37);3-7,12,16-17,19H,2,8-11,13-14H2,1H3;5-6,8,10,12,17,30H,1-4,7,9H2,(H,26,31);1-2H,3,11H2/t17?,19?,24-;16?,17?,19-;10?,12?,17-;/m111./s1. The van der Waals surface area contributed by atoms with Crippen LogP contribution in [0.5, 0.6) is 17.2 Å². The maximum atomic E-state index is 14.1. The zero-order chi connectivity index (χ0) is 80.0. The van der Waals surface area contributed by atoms with Crippen molar-refractivity contribution < 1.29 is 87.6 Å². The molecule has 8 aromatic rings. The van der Waals surface area contributed by atoms with Crippen LogP contribution in [0.1, 0.15) is 174 Å². The van der Waals surface area contributed by atoms with Gasteiger partial charge in [0, 0.05) is 129 Å². The van der Waals surface area contributed by atoms with Crippen molar-refractivity contribution in [2.75, 3.05) is 6.61 Å². The van der Waals surface area contributed by atoms with Crippen LogP contribution >= 0.6 is 0 Å². The molecule has 113 heavy (non-hydrogen) atoms. The summed E-state index contributed by atoms with van der Waals surface area (Å²) in [6.45, 7) is 1.83. The number of hydrogen-bond acceptors (Lipinski definition) is 14. The van der Waals surface area contributed by atoms with Crippen LogP contribution in [0, 0.1) is 70.1 Å². The largest absolute Gasteiger partial charge is 0.503 e. The summed E-state index contributed by atoms with van der Waals surface area (Å²) in [5.74, 6) is -13.0. The average molecular weight is 1570 g/mol. The number of nitrogens with zero attached hydrogens (tertiary/aromatic N) is 6. The molecule has 0 unspecified atom stereocenters. The van der Waals surface area contributed by atoms with Crippen molar-refractivity contribution >= 4 is 35.5 Å². The molecule has 31 heteroatoms. The van der Waals surface area contributed by atoms with Crippen molar-refractivity contribution in [3.8, 4) is 17.2 Å². The van der Waals surface area contributed by atoms with Crippen molar-refractivity contribution in [3.05, 3.63) is 260 Å². The smallest absolute Gasteiger partial charge is 0.343 e. The highest BCUT2D eigenvalue weighted by Crippen LogP contribution is 2.47. The van der Waals surface area contributed by atoms with E-state index in [0.717, 1.165) is 88.2 Å². The summed E-state index contributed by atoms with van der Waals surface area (Å²) < 4.78 is 141. The molecular weight excluding hydrogens is 1490 g/mol. The van der Waals surface area contributed by atoms with Gasteiger partial charge in [-0.15, -0.1) is 0 Å². The summed E-state index contributed by atoms with van der Waals surface area (Å²) in [6.07, 6.45) is 16.0. The number of ether oxygens (including phenoxy) is 3. The second kappa shape index (κ2) is 32.7. The molecule has 12 heterocycles. The van der Waals surface area contributed by atoms with Crippen LogP contribution < -0.4 is 42.1 Å². The topological polar surface area (TPSA) is 276 Å². The summed E-state index contributed by atoms with van der Waals surface area (Å²) in [4.78, 5) is 124. The van der Waals surface area contributed by atoms with E-state index in [9.17, 15) is 87.8 Å². The molecule has 5 amide bonds. The zero-order valence-electron chi connectivity index (χ0n) is 61.0. The van der Waals surface area contributed by atoms with Crippen molar-refractivity contribution in [1.29, 1.82) is 0 Å². The van der Waals surface area contributed by atoms with Crippen molar-refractivity contribution in [1.82, 2.24) is 39.0 Å². The molecule has 9 fully saturated rings. The number of hydrogen-bond donors (Lipinski definition) is 4. The maximum absolute atomic E-state index is 14.1. The Hall–Kier alpha value is -11.5. The van der Waals surface area contributed by atoms with E-state index in [4.69, 9.17) is 19.9 Å².